The van der Waals surface area contributed by atoms with Crippen LogP contribution in [0.3, 0.4) is 0 Å². The molecule has 1 fully saturated rings. The minimum Gasteiger partial charge on any atom is -0.493 e. The van der Waals surface area contributed by atoms with Crippen LogP contribution in [-0.2, 0) is 17.9 Å². The van der Waals surface area contributed by atoms with E-state index in [1.807, 2.05) is 36.4 Å². The lowest BCUT2D eigenvalue weighted by atomic mass is 9.95. The molecule has 1 saturated heterocycles. The standard InChI is InChI=1S/C22H27ClN2O3/c1-27-20-7-6-16(13-21(20)28-2)14-24-22(26)18-8-10-25(11-9-18)15-17-4-3-5-19(23)12-17/h3-7,12-13,18H,8-11,14-15H2,1-2H3,(H,24,26). The summed E-state index contributed by atoms with van der Waals surface area (Å²) in [4.78, 5) is 14.9. The van der Waals surface area contributed by atoms with E-state index in [0.29, 0.717) is 18.0 Å². The van der Waals surface area contributed by atoms with Crippen LogP contribution in [0.15, 0.2) is 42.5 Å². The highest BCUT2D eigenvalue weighted by Gasteiger charge is 2.24. The van der Waals surface area contributed by atoms with Gasteiger partial charge in [0, 0.05) is 24.0 Å². The van der Waals surface area contributed by atoms with Gasteiger partial charge in [-0.25, -0.2) is 0 Å². The number of amides is 1. The predicted molar refractivity (Wildman–Crippen MR) is 111 cm³/mol. The number of halogens is 1. The van der Waals surface area contributed by atoms with Gasteiger partial charge in [-0.3, -0.25) is 9.69 Å². The molecule has 1 aliphatic rings. The summed E-state index contributed by atoms with van der Waals surface area (Å²) in [5, 5.41) is 3.82. The first-order valence-electron chi connectivity index (χ1n) is 9.54. The molecule has 0 saturated carbocycles. The number of nitrogens with one attached hydrogen (secondary N) is 1. The van der Waals surface area contributed by atoms with Crippen molar-refractivity contribution < 1.29 is 14.3 Å². The minimum absolute atomic E-state index is 0.0655. The Balaban J connectivity index is 1.46. The number of carbonyl (C=O) groups is 1. The molecule has 0 radical (unpaired) electrons. The number of benzene rings is 2. The molecule has 0 aromatic heterocycles. The zero-order chi connectivity index (χ0) is 19.9. The molecular weight excluding hydrogens is 376 g/mol. The van der Waals surface area contributed by atoms with Gasteiger partial charge in [0.2, 0.25) is 5.91 Å². The lowest BCUT2D eigenvalue weighted by Crippen LogP contribution is -2.40. The van der Waals surface area contributed by atoms with Crippen LogP contribution >= 0.6 is 11.6 Å². The van der Waals surface area contributed by atoms with Crippen molar-refractivity contribution in [3.63, 3.8) is 0 Å². The number of nitrogens with zero attached hydrogens (tertiary/aromatic N) is 1. The molecule has 1 N–H and O–H groups in total. The summed E-state index contributed by atoms with van der Waals surface area (Å²) in [6.07, 6.45) is 1.75. The van der Waals surface area contributed by atoms with E-state index in [4.69, 9.17) is 21.1 Å². The Morgan fingerprint density at radius 1 is 1.07 bits per heavy atom. The Hall–Kier alpha value is -2.24. The molecule has 1 amide bonds. The Kier molecular flexibility index (Phi) is 7.18. The normalized spacial score (nSPS) is 15.2. The van der Waals surface area contributed by atoms with Crippen molar-refractivity contribution in [3.05, 3.63) is 58.6 Å². The van der Waals surface area contributed by atoms with Gasteiger partial charge in [0.15, 0.2) is 11.5 Å². The van der Waals surface area contributed by atoms with Crippen molar-refractivity contribution in [3.8, 4) is 11.5 Å². The maximum Gasteiger partial charge on any atom is 0.223 e. The van der Waals surface area contributed by atoms with Crippen molar-refractivity contribution in [2.75, 3.05) is 27.3 Å². The molecule has 1 heterocycles. The van der Waals surface area contributed by atoms with Crippen LogP contribution in [0.2, 0.25) is 5.02 Å². The molecule has 0 spiro atoms. The topological polar surface area (TPSA) is 50.8 Å². The number of ether oxygens (including phenoxy) is 2. The van der Waals surface area contributed by atoms with E-state index in [1.54, 1.807) is 14.2 Å². The number of piperidine rings is 1. The van der Waals surface area contributed by atoms with Gasteiger partial charge in [-0.1, -0.05) is 29.8 Å². The zero-order valence-electron chi connectivity index (χ0n) is 16.4. The van der Waals surface area contributed by atoms with Gasteiger partial charge in [-0.05, 0) is 61.3 Å². The molecule has 150 valence electrons. The van der Waals surface area contributed by atoms with Crippen LogP contribution < -0.4 is 14.8 Å². The number of likely N-dealkylation sites (tertiary alicyclic amines) is 1. The summed E-state index contributed by atoms with van der Waals surface area (Å²) in [5.74, 6) is 1.54. The van der Waals surface area contributed by atoms with Crippen LogP contribution in [-0.4, -0.2) is 38.1 Å². The first-order chi connectivity index (χ1) is 13.6. The van der Waals surface area contributed by atoms with Crippen molar-refractivity contribution in [2.45, 2.75) is 25.9 Å². The van der Waals surface area contributed by atoms with Crippen LogP contribution in [0.1, 0.15) is 24.0 Å². The Bertz CT molecular complexity index is 804. The third-order valence-electron chi connectivity index (χ3n) is 5.17. The molecular formula is C22H27ClN2O3. The van der Waals surface area contributed by atoms with Gasteiger partial charge in [-0.15, -0.1) is 0 Å². The number of carbonyl (C=O) groups excluding carboxylic acids is 1. The molecule has 0 atom stereocenters. The maximum atomic E-state index is 12.6. The molecule has 3 rings (SSSR count). The lowest BCUT2D eigenvalue weighted by Gasteiger charge is -2.31. The average Bonchev–Trinajstić information content (AvgIpc) is 2.72. The number of hydrogen-bond acceptors (Lipinski definition) is 4. The van der Waals surface area contributed by atoms with Gasteiger partial charge in [-0.2, -0.15) is 0 Å². The summed E-state index contributed by atoms with van der Waals surface area (Å²) in [6.45, 7) is 3.20. The van der Waals surface area contributed by atoms with Gasteiger partial charge >= 0.3 is 0 Å². The zero-order valence-corrected chi connectivity index (χ0v) is 17.2. The van der Waals surface area contributed by atoms with E-state index < -0.39 is 0 Å². The predicted octanol–water partition coefficient (Wildman–Crippen LogP) is 3.89. The first kappa shape index (κ1) is 20.5. The molecule has 0 unspecified atom stereocenters. The fourth-order valence-electron chi connectivity index (χ4n) is 3.57. The van der Waals surface area contributed by atoms with E-state index in [9.17, 15) is 4.79 Å². The van der Waals surface area contributed by atoms with Gasteiger partial charge in [0.25, 0.3) is 0 Å². The summed E-state index contributed by atoms with van der Waals surface area (Å²) in [6, 6.07) is 13.7. The largest absolute Gasteiger partial charge is 0.493 e. The van der Waals surface area contributed by atoms with E-state index in [1.165, 1.54) is 5.56 Å². The molecule has 1 aliphatic heterocycles. The second kappa shape index (κ2) is 9.80. The van der Waals surface area contributed by atoms with E-state index >= 15 is 0 Å². The molecule has 0 bridgehead atoms. The maximum absolute atomic E-state index is 12.6. The summed E-state index contributed by atoms with van der Waals surface area (Å²) in [5.41, 5.74) is 2.20. The second-order valence-electron chi connectivity index (χ2n) is 7.09. The van der Waals surface area contributed by atoms with Crippen molar-refractivity contribution in [2.24, 2.45) is 5.92 Å². The monoisotopic (exact) mass is 402 g/mol. The van der Waals surface area contributed by atoms with Crippen molar-refractivity contribution in [1.82, 2.24) is 10.2 Å². The third-order valence-corrected chi connectivity index (χ3v) is 5.40. The summed E-state index contributed by atoms with van der Waals surface area (Å²) >= 11 is 6.06. The smallest absolute Gasteiger partial charge is 0.223 e. The van der Waals surface area contributed by atoms with Crippen molar-refractivity contribution >= 4 is 17.5 Å². The molecule has 2 aromatic rings. The highest BCUT2D eigenvalue weighted by atomic mass is 35.5. The van der Waals surface area contributed by atoms with Gasteiger partial charge in [0.1, 0.15) is 0 Å². The minimum atomic E-state index is 0.0655. The SMILES string of the molecule is COc1ccc(CNC(=O)C2CCN(Cc3cccc(Cl)c3)CC2)cc1OC. The highest BCUT2D eigenvalue weighted by molar-refractivity contribution is 6.30. The Labute approximate surface area is 171 Å². The van der Waals surface area contributed by atoms with E-state index in [-0.39, 0.29) is 11.8 Å². The van der Waals surface area contributed by atoms with Crippen LogP contribution in [0.5, 0.6) is 11.5 Å². The Morgan fingerprint density at radius 2 is 1.82 bits per heavy atom. The lowest BCUT2D eigenvalue weighted by molar-refractivity contribution is -0.126. The summed E-state index contributed by atoms with van der Waals surface area (Å²) in [7, 11) is 3.22. The molecule has 28 heavy (non-hydrogen) atoms. The van der Waals surface area contributed by atoms with E-state index in [2.05, 4.69) is 16.3 Å². The van der Waals surface area contributed by atoms with Gasteiger partial charge in [0.05, 0.1) is 14.2 Å². The van der Waals surface area contributed by atoms with Crippen LogP contribution in [0.25, 0.3) is 0 Å². The van der Waals surface area contributed by atoms with Crippen molar-refractivity contribution in [1.29, 1.82) is 0 Å². The Morgan fingerprint density at radius 3 is 2.50 bits per heavy atom. The quantitative estimate of drug-likeness (QED) is 0.763. The molecule has 6 heteroatoms. The fourth-order valence-corrected chi connectivity index (χ4v) is 3.78. The van der Waals surface area contributed by atoms with Crippen LogP contribution in [0.4, 0.5) is 0 Å². The molecule has 2 aromatic carbocycles. The van der Waals surface area contributed by atoms with Crippen LogP contribution in [0, 0.1) is 5.92 Å². The average molecular weight is 403 g/mol. The molecule has 0 aliphatic carbocycles. The first-order valence-corrected chi connectivity index (χ1v) is 9.92. The second-order valence-corrected chi connectivity index (χ2v) is 7.52. The highest BCUT2D eigenvalue weighted by Crippen LogP contribution is 2.27. The fraction of sp³-hybridized carbons (Fsp3) is 0.409. The number of methoxy groups -OCH3 is 2. The number of rotatable bonds is 7. The van der Waals surface area contributed by atoms with Gasteiger partial charge < -0.3 is 14.8 Å². The summed E-state index contributed by atoms with van der Waals surface area (Å²) < 4.78 is 10.6. The number of hydrogen-bond donors (Lipinski definition) is 1. The third kappa shape index (κ3) is 5.40. The molecule has 5 nitrogen and oxygen atoms in total. The van der Waals surface area contributed by atoms with E-state index in [0.717, 1.165) is 43.1 Å².